The van der Waals surface area contributed by atoms with Gasteiger partial charge < -0.3 is 14.7 Å². The minimum atomic E-state index is -1.07. The second kappa shape index (κ2) is 5.85. The highest BCUT2D eigenvalue weighted by Crippen LogP contribution is 2.20. The summed E-state index contributed by atoms with van der Waals surface area (Å²) in [5.74, 6) is -3.49. The molecule has 0 aromatic heterocycles. The molecule has 2 rings (SSSR count). The van der Waals surface area contributed by atoms with E-state index in [2.05, 4.69) is 0 Å². The van der Waals surface area contributed by atoms with Crippen molar-refractivity contribution in [2.24, 2.45) is 0 Å². The van der Waals surface area contributed by atoms with E-state index in [9.17, 15) is 18.4 Å². The quantitative estimate of drug-likeness (QED) is 0.908. The molecule has 0 aliphatic carbocycles. The molecule has 0 saturated carbocycles. The average molecular weight is 285 g/mol. The Balaban J connectivity index is 1.96. The van der Waals surface area contributed by atoms with Gasteiger partial charge in [-0.2, -0.15) is 0 Å². The molecule has 0 spiro atoms. The predicted octanol–water partition coefficient (Wildman–Crippen LogP) is 1.42. The number of amides is 1. The Morgan fingerprint density at radius 3 is 2.80 bits per heavy atom. The fraction of sp³-hybridized carbons (Fsp3) is 0.385. The highest BCUT2D eigenvalue weighted by molar-refractivity contribution is 5.85. The molecule has 1 amide bonds. The number of hydrogen-bond donors (Lipinski definition) is 1. The Bertz CT molecular complexity index is 535. The molecule has 0 radical (unpaired) electrons. The van der Waals surface area contributed by atoms with Gasteiger partial charge in [-0.1, -0.05) is 0 Å². The van der Waals surface area contributed by atoms with Gasteiger partial charge in [0, 0.05) is 12.6 Å². The fourth-order valence-electron chi connectivity index (χ4n) is 2.14. The van der Waals surface area contributed by atoms with Crippen LogP contribution in [0.4, 0.5) is 8.78 Å². The van der Waals surface area contributed by atoms with E-state index < -0.39 is 36.2 Å². The van der Waals surface area contributed by atoms with Crippen LogP contribution in [-0.2, 0) is 9.59 Å². The van der Waals surface area contributed by atoms with E-state index in [1.807, 2.05) is 0 Å². The summed E-state index contributed by atoms with van der Waals surface area (Å²) in [5.41, 5.74) is 0. The molecular formula is C13H13F2NO4. The van der Waals surface area contributed by atoms with Gasteiger partial charge in [0.15, 0.2) is 18.2 Å². The van der Waals surface area contributed by atoms with Crippen LogP contribution in [0.15, 0.2) is 18.2 Å². The maximum absolute atomic E-state index is 13.3. The zero-order valence-corrected chi connectivity index (χ0v) is 10.5. The number of rotatable bonds is 4. The van der Waals surface area contributed by atoms with Gasteiger partial charge in [0.05, 0.1) is 0 Å². The van der Waals surface area contributed by atoms with E-state index in [-0.39, 0.29) is 5.75 Å². The minimum Gasteiger partial charge on any atom is -0.481 e. The zero-order chi connectivity index (χ0) is 14.7. The van der Waals surface area contributed by atoms with Crippen LogP contribution in [0, 0.1) is 11.6 Å². The van der Waals surface area contributed by atoms with Crippen LogP contribution in [0.3, 0.4) is 0 Å². The van der Waals surface area contributed by atoms with E-state index in [1.54, 1.807) is 0 Å². The molecule has 7 heteroatoms. The van der Waals surface area contributed by atoms with Crippen LogP contribution < -0.4 is 4.74 Å². The molecule has 1 heterocycles. The molecule has 1 N–H and O–H groups in total. The van der Waals surface area contributed by atoms with Crippen LogP contribution in [0.5, 0.6) is 5.75 Å². The summed E-state index contributed by atoms with van der Waals surface area (Å²) in [6.07, 6.45) is 1.000. The Morgan fingerprint density at radius 1 is 1.40 bits per heavy atom. The molecule has 1 fully saturated rings. The third kappa shape index (κ3) is 3.04. The molecule has 1 aromatic rings. The second-order valence-corrected chi connectivity index (χ2v) is 4.45. The first-order valence-corrected chi connectivity index (χ1v) is 6.09. The first-order valence-electron chi connectivity index (χ1n) is 6.09. The molecule has 1 aliphatic heterocycles. The van der Waals surface area contributed by atoms with Gasteiger partial charge in [0.2, 0.25) is 0 Å². The lowest BCUT2D eigenvalue weighted by Crippen LogP contribution is -2.42. The summed E-state index contributed by atoms with van der Waals surface area (Å²) < 4.78 is 31.0. The number of nitrogens with zero attached hydrogens (tertiary/aromatic N) is 1. The van der Waals surface area contributed by atoms with E-state index in [4.69, 9.17) is 9.84 Å². The van der Waals surface area contributed by atoms with Gasteiger partial charge in [-0.25, -0.2) is 13.6 Å². The second-order valence-electron chi connectivity index (χ2n) is 4.45. The number of benzene rings is 1. The number of aliphatic carboxylic acids is 1. The fourth-order valence-corrected chi connectivity index (χ4v) is 2.14. The average Bonchev–Trinajstić information content (AvgIpc) is 2.86. The van der Waals surface area contributed by atoms with E-state index in [0.29, 0.717) is 25.5 Å². The maximum atomic E-state index is 13.3. The molecule has 5 nitrogen and oxygen atoms in total. The number of carbonyl (C=O) groups excluding carboxylic acids is 1. The Hall–Kier alpha value is -2.18. The molecule has 1 aliphatic rings. The SMILES string of the molecule is O=C(O)[C@@H]1CCCN1C(=O)COc1ccc(F)cc1F. The van der Waals surface area contributed by atoms with Crippen LogP contribution in [0.25, 0.3) is 0 Å². The van der Waals surface area contributed by atoms with Crippen LogP contribution >= 0.6 is 0 Å². The smallest absolute Gasteiger partial charge is 0.326 e. The van der Waals surface area contributed by atoms with Crippen molar-refractivity contribution in [1.82, 2.24) is 4.90 Å². The van der Waals surface area contributed by atoms with Gasteiger partial charge >= 0.3 is 5.97 Å². The zero-order valence-electron chi connectivity index (χ0n) is 10.5. The molecule has 1 aromatic carbocycles. The standard InChI is InChI=1S/C13H13F2NO4/c14-8-3-4-11(9(15)6-8)20-7-12(17)16-5-1-2-10(16)13(18)19/h3-4,6,10H,1-2,5,7H2,(H,18,19)/t10-/m0/s1. The van der Waals surface area contributed by atoms with Crippen molar-refractivity contribution < 1.29 is 28.2 Å². The Kier molecular flexibility index (Phi) is 4.16. The number of hydrogen-bond acceptors (Lipinski definition) is 3. The first-order chi connectivity index (χ1) is 9.49. The van der Waals surface area contributed by atoms with Crippen LogP contribution in [0.2, 0.25) is 0 Å². The molecule has 0 unspecified atom stereocenters. The normalized spacial score (nSPS) is 18.1. The number of carbonyl (C=O) groups is 2. The summed E-state index contributed by atoms with van der Waals surface area (Å²) in [5, 5.41) is 8.96. The summed E-state index contributed by atoms with van der Waals surface area (Å²) in [6, 6.07) is 1.88. The van der Waals surface area contributed by atoms with Crippen molar-refractivity contribution in [2.75, 3.05) is 13.2 Å². The summed E-state index contributed by atoms with van der Waals surface area (Å²) in [7, 11) is 0. The van der Waals surface area contributed by atoms with Crippen molar-refractivity contribution in [3.63, 3.8) is 0 Å². The van der Waals surface area contributed by atoms with Gasteiger partial charge in [0.1, 0.15) is 11.9 Å². The number of ether oxygens (including phenoxy) is 1. The van der Waals surface area contributed by atoms with E-state index in [0.717, 1.165) is 12.1 Å². The molecule has 0 bridgehead atoms. The highest BCUT2D eigenvalue weighted by Gasteiger charge is 2.34. The number of halogens is 2. The Morgan fingerprint density at radius 2 is 2.15 bits per heavy atom. The van der Waals surface area contributed by atoms with Crippen LogP contribution in [-0.4, -0.2) is 41.1 Å². The third-order valence-electron chi connectivity index (χ3n) is 3.10. The summed E-state index contributed by atoms with van der Waals surface area (Å²) >= 11 is 0. The molecule has 108 valence electrons. The number of carboxylic acid groups (broad SMARTS) is 1. The molecule has 20 heavy (non-hydrogen) atoms. The van der Waals surface area contributed by atoms with Crippen LogP contribution in [0.1, 0.15) is 12.8 Å². The lowest BCUT2D eigenvalue weighted by Gasteiger charge is -2.21. The van der Waals surface area contributed by atoms with E-state index in [1.165, 1.54) is 4.90 Å². The molecule has 1 atom stereocenters. The molecular weight excluding hydrogens is 272 g/mol. The highest BCUT2D eigenvalue weighted by atomic mass is 19.1. The number of likely N-dealkylation sites (tertiary alicyclic amines) is 1. The topological polar surface area (TPSA) is 66.8 Å². The minimum absolute atomic E-state index is 0.245. The van der Waals surface area contributed by atoms with Gasteiger partial charge in [-0.3, -0.25) is 4.79 Å². The summed E-state index contributed by atoms with van der Waals surface area (Å²) in [6.45, 7) is -0.141. The van der Waals surface area contributed by atoms with Crippen molar-refractivity contribution in [1.29, 1.82) is 0 Å². The first kappa shape index (κ1) is 14.2. The predicted molar refractivity (Wildman–Crippen MR) is 64.2 cm³/mol. The monoisotopic (exact) mass is 285 g/mol. The third-order valence-corrected chi connectivity index (χ3v) is 3.10. The van der Waals surface area contributed by atoms with Crippen molar-refractivity contribution in [3.8, 4) is 5.75 Å². The molecule has 1 saturated heterocycles. The van der Waals surface area contributed by atoms with Gasteiger partial charge in [-0.15, -0.1) is 0 Å². The lowest BCUT2D eigenvalue weighted by molar-refractivity contribution is -0.149. The largest absolute Gasteiger partial charge is 0.481 e. The van der Waals surface area contributed by atoms with Crippen molar-refractivity contribution in [2.45, 2.75) is 18.9 Å². The lowest BCUT2D eigenvalue weighted by atomic mass is 10.2. The summed E-state index contributed by atoms with van der Waals surface area (Å²) in [4.78, 5) is 24.0. The van der Waals surface area contributed by atoms with Crippen molar-refractivity contribution in [3.05, 3.63) is 29.8 Å². The van der Waals surface area contributed by atoms with E-state index >= 15 is 0 Å². The van der Waals surface area contributed by atoms with Crippen molar-refractivity contribution >= 4 is 11.9 Å². The van der Waals surface area contributed by atoms with Gasteiger partial charge in [-0.05, 0) is 25.0 Å². The maximum Gasteiger partial charge on any atom is 0.326 e. The number of carboxylic acids is 1. The Labute approximate surface area is 113 Å². The van der Waals surface area contributed by atoms with Gasteiger partial charge in [0.25, 0.3) is 5.91 Å².